The van der Waals surface area contributed by atoms with E-state index in [1.165, 1.54) is 6.92 Å². The van der Waals surface area contributed by atoms with Crippen molar-refractivity contribution in [2.24, 2.45) is 0 Å². The summed E-state index contributed by atoms with van der Waals surface area (Å²) in [5.41, 5.74) is 2.14. The molecule has 0 radical (unpaired) electrons. The van der Waals surface area contributed by atoms with Crippen molar-refractivity contribution >= 4 is 11.6 Å². The van der Waals surface area contributed by atoms with Crippen molar-refractivity contribution in [1.82, 2.24) is 4.90 Å². The van der Waals surface area contributed by atoms with Crippen LogP contribution in [0.5, 0.6) is 17.2 Å². The van der Waals surface area contributed by atoms with Crippen molar-refractivity contribution in [3.8, 4) is 17.2 Å². The number of carbonyl (C=O) groups is 2. The van der Waals surface area contributed by atoms with Crippen molar-refractivity contribution in [2.75, 3.05) is 27.5 Å². The Kier molecular flexibility index (Phi) is 4.76. The van der Waals surface area contributed by atoms with Gasteiger partial charge in [-0.1, -0.05) is 0 Å². The van der Waals surface area contributed by atoms with Gasteiger partial charge in [0.2, 0.25) is 12.5 Å². The number of hydrogen-bond acceptors (Lipinski definition) is 6. The summed E-state index contributed by atoms with van der Waals surface area (Å²) in [5.74, 6) is 2.12. The van der Waals surface area contributed by atoms with Gasteiger partial charge in [-0.05, 0) is 32.0 Å². The smallest absolute Gasteiger partial charge is 0.231 e. The maximum absolute atomic E-state index is 12.3. The number of fused-ring (bicyclic) bond motifs is 2. The average molecular weight is 333 g/mol. The van der Waals surface area contributed by atoms with E-state index in [4.69, 9.17) is 14.2 Å². The second-order valence-corrected chi connectivity index (χ2v) is 6.41. The number of ether oxygens (including phenoxy) is 3. The van der Waals surface area contributed by atoms with E-state index in [1.807, 2.05) is 13.1 Å². The van der Waals surface area contributed by atoms with E-state index in [1.54, 1.807) is 7.11 Å². The van der Waals surface area contributed by atoms with Crippen LogP contribution in [-0.4, -0.2) is 44.0 Å². The third-order valence-corrected chi connectivity index (χ3v) is 4.72. The van der Waals surface area contributed by atoms with E-state index in [0.717, 1.165) is 24.1 Å². The molecule has 0 aliphatic carbocycles. The Balaban J connectivity index is 1.92. The summed E-state index contributed by atoms with van der Waals surface area (Å²) in [7, 11) is 3.62. The van der Waals surface area contributed by atoms with E-state index < -0.39 is 0 Å². The molecule has 0 N–H and O–H groups in total. The molecule has 6 heteroatoms. The Bertz CT molecular complexity index is 670. The van der Waals surface area contributed by atoms with Crippen molar-refractivity contribution in [2.45, 2.75) is 38.6 Å². The number of likely N-dealkylation sites (N-methyl/N-ethyl adjacent to an activating group) is 1. The molecule has 0 unspecified atom stereocenters. The van der Waals surface area contributed by atoms with Crippen LogP contribution in [0.25, 0.3) is 0 Å². The second-order valence-electron chi connectivity index (χ2n) is 6.41. The minimum Gasteiger partial charge on any atom is -0.492 e. The number of carbonyl (C=O) groups excluding carboxylic acids is 2. The maximum atomic E-state index is 12.3. The lowest BCUT2D eigenvalue weighted by atomic mass is 9.88. The van der Waals surface area contributed by atoms with E-state index in [0.29, 0.717) is 36.5 Å². The Morgan fingerprint density at radius 1 is 1.33 bits per heavy atom. The summed E-state index contributed by atoms with van der Waals surface area (Å²) in [4.78, 5) is 25.6. The Hall–Kier alpha value is -2.08. The molecule has 1 aromatic rings. The second kappa shape index (κ2) is 6.81. The fourth-order valence-electron chi connectivity index (χ4n) is 3.42. The number of methoxy groups -OCH3 is 1. The van der Waals surface area contributed by atoms with E-state index in [9.17, 15) is 9.59 Å². The van der Waals surface area contributed by atoms with Crippen LogP contribution in [0.2, 0.25) is 0 Å². The first-order valence-corrected chi connectivity index (χ1v) is 8.22. The van der Waals surface area contributed by atoms with Gasteiger partial charge in [-0.25, -0.2) is 0 Å². The minimum absolute atomic E-state index is 0.0432. The van der Waals surface area contributed by atoms with Gasteiger partial charge < -0.3 is 19.0 Å². The fourth-order valence-corrected chi connectivity index (χ4v) is 3.42. The van der Waals surface area contributed by atoms with Crippen LogP contribution in [0, 0.1) is 0 Å². The zero-order valence-corrected chi connectivity index (χ0v) is 14.4. The summed E-state index contributed by atoms with van der Waals surface area (Å²) in [6.07, 6.45) is 1.84. The largest absolute Gasteiger partial charge is 0.492 e. The molecular formula is C18H23NO5. The van der Waals surface area contributed by atoms with E-state index in [-0.39, 0.29) is 24.4 Å². The van der Waals surface area contributed by atoms with E-state index in [2.05, 4.69) is 4.90 Å². The molecule has 0 saturated carbocycles. The molecular weight excluding hydrogens is 310 g/mol. The van der Waals surface area contributed by atoms with Gasteiger partial charge in [0.05, 0.1) is 7.11 Å². The monoisotopic (exact) mass is 333 g/mol. The number of benzene rings is 1. The van der Waals surface area contributed by atoms with Crippen molar-refractivity contribution < 1.29 is 23.8 Å². The number of nitrogens with zero attached hydrogens (tertiary/aromatic N) is 1. The van der Waals surface area contributed by atoms with Crippen LogP contribution >= 0.6 is 0 Å². The summed E-state index contributed by atoms with van der Waals surface area (Å²) in [6.45, 7) is 2.56. The van der Waals surface area contributed by atoms with Gasteiger partial charge in [-0.2, -0.15) is 0 Å². The topological polar surface area (TPSA) is 65.1 Å². The molecule has 2 aliphatic rings. The van der Waals surface area contributed by atoms with Gasteiger partial charge in [-0.3, -0.25) is 9.69 Å². The van der Waals surface area contributed by atoms with Crippen LogP contribution in [0.3, 0.4) is 0 Å². The third kappa shape index (κ3) is 3.11. The standard InChI is InChI=1S/C18H23NO5/c1-11(20)4-5-13(21)9-14-16-12(6-7-19(14)2)8-15-17(18(16)22-3)24-10-23-15/h8,14H,4-7,9-10H2,1-3H3/t14-/m0/s1. The molecule has 0 amide bonds. The van der Waals surface area contributed by atoms with Crippen molar-refractivity contribution in [1.29, 1.82) is 0 Å². The molecule has 130 valence electrons. The maximum Gasteiger partial charge on any atom is 0.231 e. The predicted octanol–water partition coefficient (Wildman–Crippen LogP) is 2.28. The molecule has 2 heterocycles. The lowest BCUT2D eigenvalue weighted by molar-refractivity contribution is -0.124. The first kappa shape index (κ1) is 16.8. The molecule has 6 nitrogen and oxygen atoms in total. The van der Waals surface area contributed by atoms with Crippen LogP contribution in [-0.2, 0) is 16.0 Å². The van der Waals surface area contributed by atoms with Gasteiger partial charge in [0.15, 0.2) is 11.5 Å². The predicted molar refractivity (Wildman–Crippen MR) is 87.7 cm³/mol. The first-order valence-electron chi connectivity index (χ1n) is 8.22. The Morgan fingerprint density at radius 3 is 2.83 bits per heavy atom. The first-order chi connectivity index (χ1) is 11.5. The molecule has 0 spiro atoms. The van der Waals surface area contributed by atoms with Gasteiger partial charge >= 0.3 is 0 Å². The molecule has 24 heavy (non-hydrogen) atoms. The third-order valence-electron chi connectivity index (χ3n) is 4.72. The molecule has 2 aliphatic heterocycles. The van der Waals surface area contributed by atoms with Gasteiger partial charge in [0.25, 0.3) is 0 Å². The zero-order chi connectivity index (χ0) is 17.3. The molecule has 0 saturated heterocycles. The van der Waals surface area contributed by atoms with Crippen LogP contribution < -0.4 is 14.2 Å². The fraction of sp³-hybridized carbons (Fsp3) is 0.556. The Labute approximate surface area is 141 Å². The van der Waals surface area contributed by atoms with Gasteiger partial charge in [0, 0.05) is 37.4 Å². The summed E-state index contributed by atoms with van der Waals surface area (Å²) < 4.78 is 16.7. The molecule has 0 aromatic heterocycles. The number of ketones is 2. The normalized spacial score (nSPS) is 19.0. The highest BCUT2D eigenvalue weighted by Crippen LogP contribution is 2.50. The van der Waals surface area contributed by atoms with Crippen LogP contribution in [0.1, 0.15) is 43.4 Å². The Morgan fingerprint density at radius 2 is 2.12 bits per heavy atom. The van der Waals surface area contributed by atoms with Crippen LogP contribution in [0.4, 0.5) is 0 Å². The number of Topliss-reactive ketones (excluding diaryl/α,β-unsaturated/α-hetero) is 2. The van der Waals surface area contributed by atoms with Gasteiger partial charge in [-0.15, -0.1) is 0 Å². The summed E-state index contributed by atoms with van der Waals surface area (Å²) in [5, 5.41) is 0. The molecule has 3 rings (SSSR count). The lowest BCUT2D eigenvalue weighted by Gasteiger charge is -2.35. The molecule has 0 bridgehead atoms. The highest BCUT2D eigenvalue weighted by atomic mass is 16.7. The molecule has 1 atom stereocenters. The average Bonchev–Trinajstić information content (AvgIpc) is 3.01. The zero-order valence-electron chi connectivity index (χ0n) is 14.4. The lowest BCUT2D eigenvalue weighted by Crippen LogP contribution is -2.34. The highest BCUT2D eigenvalue weighted by Gasteiger charge is 2.34. The molecule has 0 fully saturated rings. The minimum atomic E-state index is -0.0716. The number of hydrogen-bond donors (Lipinski definition) is 0. The summed E-state index contributed by atoms with van der Waals surface area (Å²) >= 11 is 0. The van der Waals surface area contributed by atoms with E-state index >= 15 is 0 Å². The highest BCUT2D eigenvalue weighted by molar-refractivity contribution is 5.85. The quantitative estimate of drug-likeness (QED) is 0.796. The van der Waals surface area contributed by atoms with Crippen molar-refractivity contribution in [3.05, 3.63) is 17.2 Å². The SMILES string of the molecule is COc1c2c(cc3c1[C@H](CC(=O)CCC(C)=O)N(C)CC3)OCO2. The van der Waals surface area contributed by atoms with Gasteiger partial charge in [0.1, 0.15) is 11.6 Å². The van der Waals surface area contributed by atoms with Crippen molar-refractivity contribution in [3.63, 3.8) is 0 Å². The summed E-state index contributed by atoms with van der Waals surface area (Å²) in [6, 6.07) is 1.93. The molecule has 1 aromatic carbocycles. The number of rotatable bonds is 6. The van der Waals surface area contributed by atoms with Crippen LogP contribution in [0.15, 0.2) is 6.07 Å².